The van der Waals surface area contributed by atoms with Crippen LogP contribution in [0.15, 0.2) is 0 Å². The molecule has 0 radical (unpaired) electrons. The fraction of sp³-hybridized carbons (Fsp3) is 0.688. The lowest BCUT2D eigenvalue weighted by Crippen LogP contribution is -2.46. The SMILES string of the molecule is Cc1nn(C)c2c(N3C[C@@H](C)O[C@@H](C)C3)nc(C(C)C)nc12. The van der Waals surface area contributed by atoms with Crippen molar-refractivity contribution in [1.29, 1.82) is 0 Å². The molecule has 22 heavy (non-hydrogen) atoms. The summed E-state index contributed by atoms with van der Waals surface area (Å²) in [6, 6.07) is 0. The van der Waals surface area contributed by atoms with Gasteiger partial charge in [-0.1, -0.05) is 13.8 Å². The van der Waals surface area contributed by atoms with E-state index in [-0.39, 0.29) is 12.2 Å². The highest BCUT2D eigenvalue weighted by molar-refractivity contribution is 5.88. The zero-order valence-electron chi connectivity index (χ0n) is 14.3. The van der Waals surface area contributed by atoms with Gasteiger partial charge in [-0.15, -0.1) is 0 Å². The lowest BCUT2D eigenvalue weighted by Gasteiger charge is -2.36. The number of rotatable bonds is 2. The summed E-state index contributed by atoms with van der Waals surface area (Å²) < 4.78 is 7.75. The van der Waals surface area contributed by atoms with E-state index in [9.17, 15) is 0 Å². The Morgan fingerprint density at radius 2 is 1.77 bits per heavy atom. The molecule has 2 atom stereocenters. The van der Waals surface area contributed by atoms with Gasteiger partial charge in [0.05, 0.1) is 17.9 Å². The van der Waals surface area contributed by atoms with E-state index in [1.165, 1.54) is 0 Å². The number of hydrogen-bond donors (Lipinski definition) is 0. The van der Waals surface area contributed by atoms with E-state index in [2.05, 4.69) is 37.7 Å². The van der Waals surface area contributed by atoms with Crippen LogP contribution in [0.4, 0.5) is 5.82 Å². The molecule has 3 heterocycles. The van der Waals surface area contributed by atoms with Crippen LogP contribution in [0.1, 0.15) is 45.1 Å². The van der Waals surface area contributed by atoms with Crippen molar-refractivity contribution in [2.45, 2.75) is 52.7 Å². The molecule has 1 aliphatic heterocycles. The Balaban J connectivity index is 2.18. The van der Waals surface area contributed by atoms with Crippen LogP contribution in [0.5, 0.6) is 0 Å². The molecule has 0 aromatic carbocycles. The van der Waals surface area contributed by atoms with Gasteiger partial charge in [-0.2, -0.15) is 5.10 Å². The molecule has 0 bridgehead atoms. The van der Waals surface area contributed by atoms with Crippen LogP contribution < -0.4 is 4.90 Å². The van der Waals surface area contributed by atoms with E-state index in [0.717, 1.165) is 41.5 Å². The highest BCUT2D eigenvalue weighted by Gasteiger charge is 2.27. The van der Waals surface area contributed by atoms with Crippen LogP contribution in [-0.4, -0.2) is 45.0 Å². The summed E-state index contributed by atoms with van der Waals surface area (Å²) in [5, 5.41) is 4.54. The molecule has 0 unspecified atom stereocenters. The van der Waals surface area contributed by atoms with Crippen molar-refractivity contribution in [2.75, 3.05) is 18.0 Å². The predicted octanol–water partition coefficient (Wildman–Crippen LogP) is 2.41. The Kier molecular flexibility index (Phi) is 3.80. The lowest BCUT2D eigenvalue weighted by atomic mass is 10.2. The average molecular weight is 303 g/mol. The Hall–Kier alpha value is -1.69. The summed E-state index contributed by atoms with van der Waals surface area (Å²) in [7, 11) is 1.96. The second-order valence-corrected chi connectivity index (χ2v) is 6.63. The molecule has 2 aromatic rings. The molecule has 6 nitrogen and oxygen atoms in total. The number of fused-ring (bicyclic) bond motifs is 1. The van der Waals surface area contributed by atoms with E-state index in [4.69, 9.17) is 14.7 Å². The van der Waals surface area contributed by atoms with Crippen molar-refractivity contribution in [3.8, 4) is 0 Å². The summed E-state index contributed by atoms with van der Waals surface area (Å²) in [6.07, 6.45) is 0.399. The summed E-state index contributed by atoms with van der Waals surface area (Å²) in [6.45, 7) is 12.2. The molecule has 120 valence electrons. The number of ether oxygens (including phenoxy) is 1. The van der Waals surface area contributed by atoms with Gasteiger partial charge in [0.1, 0.15) is 16.9 Å². The largest absolute Gasteiger partial charge is 0.372 e. The topological polar surface area (TPSA) is 56.1 Å². The molecule has 1 aliphatic rings. The maximum atomic E-state index is 5.86. The molecule has 1 saturated heterocycles. The summed E-state index contributed by atoms with van der Waals surface area (Å²) in [5.74, 6) is 2.16. The Morgan fingerprint density at radius 3 is 2.36 bits per heavy atom. The van der Waals surface area contributed by atoms with E-state index >= 15 is 0 Å². The zero-order chi connectivity index (χ0) is 16.0. The zero-order valence-corrected chi connectivity index (χ0v) is 14.3. The minimum atomic E-state index is 0.200. The van der Waals surface area contributed by atoms with Gasteiger partial charge < -0.3 is 9.64 Å². The third-order valence-corrected chi connectivity index (χ3v) is 4.08. The fourth-order valence-corrected chi connectivity index (χ4v) is 3.16. The molecule has 0 saturated carbocycles. The van der Waals surface area contributed by atoms with Gasteiger partial charge in [-0.25, -0.2) is 9.97 Å². The standard InChI is InChI=1S/C16H25N5O/c1-9(2)15-17-13-12(5)19-20(6)14(13)16(18-15)21-7-10(3)22-11(4)8-21/h9-11H,7-8H2,1-6H3/t10-,11+. The molecule has 2 aromatic heterocycles. The number of aryl methyl sites for hydroxylation is 2. The number of morpholine rings is 1. The first-order chi connectivity index (χ1) is 10.4. The van der Waals surface area contributed by atoms with Gasteiger partial charge in [-0.05, 0) is 20.8 Å². The summed E-state index contributed by atoms with van der Waals surface area (Å²) in [4.78, 5) is 11.9. The van der Waals surface area contributed by atoms with Gasteiger partial charge in [0.25, 0.3) is 0 Å². The van der Waals surface area contributed by atoms with E-state index in [1.807, 2.05) is 18.7 Å². The first kappa shape index (κ1) is 15.2. The highest BCUT2D eigenvalue weighted by Crippen LogP contribution is 2.29. The van der Waals surface area contributed by atoms with Crippen LogP contribution >= 0.6 is 0 Å². The maximum absolute atomic E-state index is 5.86. The molecular weight excluding hydrogens is 278 g/mol. The van der Waals surface area contributed by atoms with Crippen LogP contribution in [0.25, 0.3) is 11.0 Å². The van der Waals surface area contributed by atoms with Crippen LogP contribution in [0, 0.1) is 6.92 Å². The first-order valence-electron chi connectivity index (χ1n) is 7.98. The second kappa shape index (κ2) is 5.50. The molecule has 3 rings (SSSR count). The number of hydrogen-bond acceptors (Lipinski definition) is 5. The third kappa shape index (κ3) is 2.56. The fourth-order valence-electron chi connectivity index (χ4n) is 3.16. The van der Waals surface area contributed by atoms with Crippen molar-refractivity contribution in [1.82, 2.24) is 19.7 Å². The summed E-state index contributed by atoms with van der Waals surface area (Å²) in [5.41, 5.74) is 2.93. The van der Waals surface area contributed by atoms with Crippen molar-refractivity contribution < 1.29 is 4.74 Å². The third-order valence-electron chi connectivity index (χ3n) is 4.08. The Bertz CT molecular complexity index is 683. The normalized spacial score (nSPS) is 22.8. The van der Waals surface area contributed by atoms with Crippen LogP contribution in [-0.2, 0) is 11.8 Å². The quantitative estimate of drug-likeness (QED) is 0.852. The van der Waals surface area contributed by atoms with Crippen molar-refractivity contribution in [3.05, 3.63) is 11.5 Å². The Morgan fingerprint density at radius 1 is 1.14 bits per heavy atom. The van der Waals surface area contributed by atoms with E-state index in [1.54, 1.807) is 0 Å². The smallest absolute Gasteiger partial charge is 0.158 e. The minimum Gasteiger partial charge on any atom is -0.372 e. The van der Waals surface area contributed by atoms with Crippen LogP contribution in [0.2, 0.25) is 0 Å². The molecule has 0 aliphatic carbocycles. The molecule has 6 heteroatoms. The van der Waals surface area contributed by atoms with Gasteiger partial charge in [0.2, 0.25) is 0 Å². The van der Waals surface area contributed by atoms with E-state index < -0.39 is 0 Å². The number of anilines is 1. The average Bonchev–Trinajstić information content (AvgIpc) is 2.72. The Labute approximate surface area is 131 Å². The number of nitrogens with zero attached hydrogens (tertiary/aromatic N) is 5. The van der Waals surface area contributed by atoms with Crippen molar-refractivity contribution in [2.24, 2.45) is 7.05 Å². The van der Waals surface area contributed by atoms with Gasteiger partial charge in [0, 0.05) is 26.1 Å². The van der Waals surface area contributed by atoms with E-state index in [0.29, 0.717) is 5.92 Å². The molecular formula is C16H25N5O. The minimum absolute atomic E-state index is 0.200. The maximum Gasteiger partial charge on any atom is 0.158 e. The molecule has 0 N–H and O–H groups in total. The molecule has 0 amide bonds. The van der Waals surface area contributed by atoms with Crippen LogP contribution in [0.3, 0.4) is 0 Å². The van der Waals surface area contributed by atoms with Gasteiger partial charge >= 0.3 is 0 Å². The monoisotopic (exact) mass is 303 g/mol. The molecule has 1 fully saturated rings. The first-order valence-corrected chi connectivity index (χ1v) is 7.98. The van der Waals surface area contributed by atoms with Crippen molar-refractivity contribution in [3.63, 3.8) is 0 Å². The number of aromatic nitrogens is 4. The van der Waals surface area contributed by atoms with Gasteiger partial charge in [0.15, 0.2) is 5.82 Å². The highest BCUT2D eigenvalue weighted by atomic mass is 16.5. The van der Waals surface area contributed by atoms with Crippen molar-refractivity contribution >= 4 is 16.9 Å². The second-order valence-electron chi connectivity index (χ2n) is 6.63. The lowest BCUT2D eigenvalue weighted by molar-refractivity contribution is -0.00540. The predicted molar refractivity (Wildman–Crippen MR) is 87.4 cm³/mol. The molecule has 0 spiro atoms. The van der Waals surface area contributed by atoms with Gasteiger partial charge in [-0.3, -0.25) is 4.68 Å². The summed E-state index contributed by atoms with van der Waals surface area (Å²) >= 11 is 0.